The van der Waals surface area contributed by atoms with E-state index in [0.29, 0.717) is 0 Å². The molecule has 0 aromatic heterocycles. The van der Waals surface area contributed by atoms with Crippen molar-refractivity contribution in [3.8, 4) is 0 Å². The maximum atomic E-state index is 6.14. The lowest BCUT2D eigenvalue weighted by Gasteiger charge is -2.16. The first kappa shape index (κ1) is 11.5. The number of hydrogen-bond acceptors (Lipinski definition) is 1. The van der Waals surface area contributed by atoms with Crippen LogP contribution in [0.25, 0.3) is 0 Å². The van der Waals surface area contributed by atoms with Crippen LogP contribution in [0.15, 0.2) is 18.2 Å². The molecule has 0 saturated heterocycles. The molecular formula is C15H23N. The second kappa shape index (κ2) is 5.38. The van der Waals surface area contributed by atoms with E-state index in [1.807, 2.05) is 0 Å². The summed E-state index contributed by atoms with van der Waals surface area (Å²) in [4.78, 5) is 0. The summed E-state index contributed by atoms with van der Waals surface area (Å²) in [7, 11) is 0. The molecule has 88 valence electrons. The van der Waals surface area contributed by atoms with Crippen molar-refractivity contribution < 1.29 is 0 Å². The lowest BCUT2D eigenvalue weighted by Crippen LogP contribution is -2.06. The molecule has 0 amide bonds. The maximum absolute atomic E-state index is 6.14. The van der Waals surface area contributed by atoms with Gasteiger partial charge in [0.1, 0.15) is 0 Å². The van der Waals surface area contributed by atoms with Gasteiger partial charge in [-0.25, -0.2) is 0 Å². The number of nitrogen functional groups attached to an aromatic ring is 1. The molecule has 1 aromatic carbocycles. The highest BCUT2D eigenvalue weighted by molar-refractivity contribution is 5.53. The first-order chi connectivity index (χ1) is 7.77. The van der Waals surface area contributed by atoms with Gasteiger partial charge in [-0.1, -0.05) is 56.7 Å². The largest absolute Gasteiger partial charge is 0.398 e. The molecule has 16 heavy (non-hydrogen) atoms. The van der Waals surface area contributed by atoms with Crippen LogP contribution in [-0.4, -0.2) is 0 Å². The number of benzene rings is 1. The summed E-state index contributed by atoms with van der Waals surface area (Å²) in [6.45, 7) is 2.10. The fourth-order valence-electron chi connectivity index (χ4n) is 2.80. The minimum Gasteiger partial charge on any atom is -0.398 e. The molecule has 1 aliphatic rings. The van der Waals surface area contributed by atoms with E-state index in [2.05, 4.69) is 25.1 Å². The Morgan fingerprint density at radius 1 is 1.12 bits per heavy atom. The zero-order valence-corrected chi connectivity index (χ0v) is 10.3. The predicted octanol–water partition coefficient (Wildman–Crippen LogP) is 4.09. The highest BCUT2D eigenvalue weighted by Gasteiger charge is 2.14. The molecule has 1 aliphatic carbocycles. The minimum atomic E-state index is 0.867. The fourth-order valence-corrected chi connectivity index (χ4v) is 2.80. The number of aryl methyl sites for hydroxylation is 1. The second-order valence-electron chi connectivity index (χ2n) is 5.21. The molecule has 0 aliphatic heterocycles. The molecule has 2 rings (SSSR count). The average molecular weight is 217 g/mol. The first-order valence-corrected chi connectivity index (χ1v) is 6.61. The van der Waals surface area contributed by atoms with Gasteiger partial charge in [0.2, 0.25) is 0 Å². The normalized spacial score (nSPS) is 18.3. The minimum absolute atomic E-state index is 0.867. The standard InChI is InChI=1S/C15H23N/c1-12-7-6-10-14(15(12)16)11-13-8-4-2-3-5-9-13/h6-7,10,13H,2-5,8-9,11,16H2,1H3. The van der Waals surface area contributed by atoms with Crippen LogP contribution in [0.2, 0.25) is 0 Å². The van der Waals surface area contributed by atoms with Crippen molar-refractivity contribution in [2.45, 2.75) is 51.9 Å². The summed E-state index contributed by atoms with van der Waals surface area (Å²) in [5, 5.41) is 0. The predicted molar refractivity (Wildman–Crippen MR) is 70.5 cm³/mol. The smallest absolute Gasteiger partial charge is 0.0376 e. The summed E-state index contributed by atoms with van der Waals surface area (Å²) < 4.78 is 0. The van der Waals surface area contributed by atoms with Crippen molar-refractivity contribution in [1.82, 2.24) is 0 Å². The number of para-hydroxylation sites is 1. The molecule has 0 unspecified atom stereocenters. The quantitative estimate of drug-likeness (QED) is 0.586. The van der Waals surface area contributed by atoms with E-state index in [1.54, 1.807) is 0 Å². The lowest BCUT2D eigenvalue weighted by molar-refractivity contribution is 0.458. The molecule has 0 bridgehead atoms. The SMILES string of the molecule is Cc1cccc(CC2CCCCCC2)c1N. The number of nitrogens with two attached hydrogens (primary N) is 1. The van der Waals surface area contributed by atoms with Crippen LogP contribution >= 0.6 is 0 Å². The molecule has 2 N–H and O–H groups in total. The van der Waals surface area contributed by atoms with Crippen molar-refractivity contribution in [1.29, 1.82) is 0 Å². The summed E-state index contributed by atoms with van der Waals surface area (Å²) >= 11 is 0. The Bertz CT molecular complexity index is 335. The zero-order valence-electron chi connectivity index (χ0n) is 10.3. The number of rotatable bonds is 2. The summed E-state index contributed by atoms with van der Waals surface area (Å²) in [5.74, 6) is 0.867. The third-order valence-corrected chi connectivity index (χ3v) is 3.90. The van der Waals surface area contributed by atoms with Crippen molar-refractivity contribution in [3.63, 3.8) is 0 Å². The van der Waals surface area contributed by atoms with E-state index in [4.69, 9.17) is 5.73 Å². The molecule has 0 spiro atoms. The Kier molecular flexibility index (Phi) is 3.87. The Labute approximate surface area is 99.0 Å². The monoisotopic (exact) mass is 217 g/mol. The summed E-state index contributed by atoms with van der Waals surface area (Å²) in [6.07, 6.45) is 9.67. The molecule has 0 heterocycles. The van der Waals surface area contributed by atoms with Crippen molar-refractivity contribution in [2.24, 2.45) is 5.92 Å². The number of hydrogen-bond donors (Lipinski definition) is 1. The molecule has 1 saturated carbocycles. The molecule has 1 heteroatoms. The zero-order chi connectivity index (χ0) is 11.4. The van der Waals surface area contributed by atoms with Gasteiger partial charge in [0.15, 0.2) is 0 Å². The Balaban J connectivity index is 2.04. The van der Waals surface area contributed by atoms with E-state index >= 15 is 0 Å². The summed E-state index contributed by atoms with van der Waals surface area (Å²) in [5.41, 5.74) is 9.75. The third-order valence-electron chi connectivity index (χ3n) is 3.90. The van der Waals surface area contributed by atoms with E-state index in [9.17, 15) is 0 Å². The molecule has 0 atom stereocenters. The van der Waals surface area contributed by atoms with Gasteiger partial charge in [-0.2, -0.15) is 0 Å². The molecule has 1 nitrogen and oxygen atoms in total. The van der Waals surface area contributed by atoms with Crippen LogP contribution in [0, 0.1) is 12.8 Å². The Hall–Kier alpha value is -0.980. The molecular weight excluding hydrogens is 194 g/mol. The van der Waals surface area contributed by atoms with Crippen LogP contribution in [0.3, 0.4) is 0 Å². The van der Waals surface area contributed by atoms with Gasteiger partial charge in [0, 0.05) is 5.69 Å². The molecule has 1 fully saturated rings. The van der Waals surface area contributed by atoms with Gasteiger partial charge < -0.3 is 5.73 Å². The van der Waals surface area contributed by atoms with Crippen LogP contribution in [0.4, 0.5) is 5.69 Å². The van der Waals surface area contributed by atoms with E-state index in [0.717, 1.165) is 11.6 Å². The number of anilines is 1. The lowest BCUT2D eigenvalue weighted by atomic mass is 9.91. The maximum Gasteiger partial charge on any atom is 0.0376 e. The van der Waals surface area contributed by atoms with E-state index in [-0.39, 0.29) is 0 Å². The van der Waals surface area contributed by atoms with Gasteiger partial charge in [-0.3, -0.25) is 0 Å². The Morgan fingerprint density at radius 2 is 1.81 bits per heavy atom. The van der Waals surface area contributed by atoms with E-state index < -0.39 is 0 Å². The average Bonchev–Trinajstić information content (AvgIpc) is 2.53. The van der Waals surface area contributed by atoms with Crippen LogP contribution < -0.4 is 5.73 Å². The molecule has 1 aromatic rings. The van der Waals surface area contributed by atoms with Gasteiger partial charge in [0.05, 0.1) is 0 Å². The second-order valence-corrected chi connectivity index (χ2v) is 5.21. The Morgan fingerprint density at radius 3 is 2.50 bits per heavy atom. The fraction of sp³-hybridized carbons (Fsp3) is 0.600. The highest BCUT2D eigenvalue weighted by atomic mass is 14.6. The van der Waals surface area contributed by atoms with Crippen molar-refractivity contribution in [3.05, 3.63) is 29.3 Å². The van der Waals surface area contributed by atoms with E-state index in [1.165, 1.54) is 56.1 Å². The van der Waals surface area contributed by atoms with Gasteiger partial charge >= 0.3 is 0 Å². The van der Waals surface area contributed by atoms with Crippen molar-refractivity contribution >= 4 is 5.69 Å². The highest BCUT2D eigenvalue weighted by Crippen LogP contribution is 2.28. The van der Waals surface area contributed by atoms with Gasteiger partial charge in [-0.15, -0.1) is 0 Å². The molecule has 0 radical (unpaired) electrons. The first-order valence-electron chi connectivity index (χ1n) is 6.61. The van der Waals surface area contributed by atoms with Gasteiger partial charge in [0.25, 0.3) is 0 Å². The van der Waals surface area contributed by atoms with Gasteiger partial charge in [-0.05, 0) is 30.4 Å². The van der Waals surface area contributed by atoms with Crippen LogP contribution in [0.5, 0.6) is 0 Å². The van der Waals surface area contributed by atoms with Crippen LogP contribution in [0.1, 0.15) is 49.7 Å². The topological polar surface area (TPSA) is 26.0 Å². The van der Waals surface area contributed by atoms with Crippen LogP contribution in [-0.2, 0) is 6.42 Å². The third kappa shape index (κ3) is 2.78. The summed E-state index contributed by atoms with van der Waals surface area (Å²) in [6, 6.07) is 6.44. The van der Waals surface area contributed by atoms with Crippen molar-refractivity contribution in [2.75, 3.05) is 5.73 Å².